The molecular formula is C52H33N3O. The molecule has 0 aliphatic rings. The molecule has 0 spiro atoms. The molecule has 4 nitrogen and oxygen atoms in total. The van der Waals surface area contributed by atoms with Gasteiger partial charge in [-0.05, 0) is 82.9 Å². The highest BCUT2D eigenvalue weighted by Gasteiger charge is 2.16. The van der Waals surface area contributed by atoms with Crippen molar-refractivity contribution in [3.8, 4) is 61.8 Å². The van der Waals surface area contributed by atoms with Crippen LogP contribution in [-0.4, -0.2) is 14.5 Å². The molecule has 8 aromatic carbocycles. The van der Waals surface area contributed by atoms with E-state index in [1.54, 1.807) is 0 Å². The predicted molar refractivity (Wildman–Crippen MR) is 231 cm³/mol. The molecule has 0 amide bonds. The minimum atomic E-state index is 0.698. The van der Waals surface area contributed by atoms with E-state index in [4.69, 9.17) is 14.4 Å². The van der Waals surface area contributed by atoms with Crippen LogP contribution in [0.25, 0.3) is 106 Å². The molecule has 11 rings (SSSR count). The first-order chi connectivity index (χ1) is 27.7. The molecule has 0 fully saturated rings. The van der Waals surface area contributed by atoms with E-state index in [1.807, 2.05) is 48.5 Å². The summed E-state index contributed by atoms with van der Waals surface area (Å²) in [4.78, 5) is 10.2. The Balaban J connectivity index is 1.00. The Bertz CT molecular complexity index is 3190. The number of furan rings is 1. The zero-order valence-electron chi connectivity index (χ0n) is 30.3. The Morgan fingerprint density at radius 3 is 1.66 bits per heavy atom. The van der Waals surface area contributed by atoms with Crippen molar-refractivity contribution in [3.05, 3.63) is 200 Å². The maximum absolute atomic E-state index is 6.25. The quantitative estimate of drug-likeness (QED) is 0.172. The summed E-state index contributed by atoms with van der Waals surface area (Å²) in [5, 5.41) is 4.68. The fourth-order valence-electron chi connectivity index (χ4n) is 8.09. The first-order valence-electron chi connectivity index (χ1n) is 18.9. The lowest BCUT2D eigenvalue weighted by atomic mass is 10.00. The Morgan fingerprint density at radius 1 is 0.321 bits per heavy atom. The van der Waals surface area contributed by atoms with Crippen LogP contribution in [0.4, 0.5) is 0 Å². The Labute approximate surface area is 323 Å². The van der Waals surface area contributed by atoms with Crippen LogP contribution in [0.2, 0.25) is 0 Å². The number of para-hydroxylation sites is 2. The third-order valence-electron chi connectivity index (χ3n) is 10.8. The van der Waals surface area contributed by atoms with Crippen molar-refractivity contribution in [1.82, 2.24) is 14.5 Å². The fourth-order valence-corrected chi connectivity index (χ4v) is 8.09. The third-order valence-corrected chi connectivity index (χ3v) is 10.8. The zero-order valence-corrected chi connectivity index (χ0v) is 30.3. The molecule has 3 aromatic heterocycles. The average Bonchev–Trinajstić information content (AvgIpc) is 3.82. The van der Waals surface area contributed by atoms with Crippen LogP contribution in [0, 0.1) is 0 Å². The monoisotopic (exact) mass is 715 g/mol. The number of rotatable bonds is 6. The van der Waals surface area contributed by atoms with Gasteiger partial charge < -0.3 is 8.98 Å². The van der Waals surface area contributed by atoms with Crippen LogP contribution in [0.3, 0.4) is 0 Å². The molecule has 0 aliphatic heterocycles. The summed E-state index contributed by atoms with van der Waals surface area (Å²) >= 11 is 0. The van der Waals surface area contributed by atoms with E-state index in [-0.39, 0.29) is 0 Å². The minimum absolute atomic E-state index is 0.698. The van der Waals surface area contributed by atoms with E-state index < -0.39 is 0 Å². The highest BCUT2D eigenvalue weighted by atomic mass is 16.3. The average molecular weight is 716 g/mol. The maximum Gasteiger partial charge on any atom is 0.160 e. The molecule has 0 radical (unpaired) electrons. The number of fused-ring (bicyclic) bond motifs is 6. The second-order valence-corrected chi connectivity index (χ2v) is 14.2. The van der Waals surface area contributed by atoms with Crippen molar-refractivity contribution in [2.45, 2.75) is 0 Å². The van der Waals surface area contributed by atoms with Gasteiger partial charge in [-0.2, -0.15) is 0 Å². The zero-order chi connectivity index (χ0) is 37.0. The van der Waals surface area contributed by atoms with E-state index in [1.165, 1.54) is 10.8 Å². The van der Waals surface area contributed by atoms with Crippen molar-refractivity contribution in [3.63, 3.8) is 0 Å². The Kier molecular flexibility index (Phi) is 7.46. The molecule has 0 N–H and O–H groups in total. The number of hydrogen-bond acceptors (Lipinski definition) is 3. The summed E-state index contributed by atoms with van der Waals surface area (Å²) in [6.45, 7) is 0. The van der Waals surface area contributed by atoms with Gasteiger partial charge in [0.2, 0.25) is 0 Å². The molecule has 262 valence electrons. The summed E-state index contributed by atoms with van der Waals surface area (Å²) in [7, 11) is 0. The molecule has 4 heteroatoms. The molecule has 0 saturated heterocycles. The number of benzene rings is 8. The lowest BCUT2D eigenvalue weighted by Crippen LogP contribution is -1.96. The van der Waals surface area contributed by atoms with E-state index >= 15 is 0 Å². The van der Waals surface area contributed by atoms with Gasteiger partial charge in [-0.3, -0.25) is 0 Å². The van der Waals surface area contributed by atoms with Crippen LogP contribution in [0.1, 0.15) is 0 Å². The summed E-state index contributed by atoms with van der Waals surface area (Å²) in [6, 6.07) is 70.3. The first kappa shape index (κ1) is 31.9. The molecule has 56 heavy (non-hydrogen) atoms. The lowest BCUT2D eigenvalue weighted by Gasteiger charge is -2.11. The maximum atomic E-state index is 6.25. The van der Waals surface area contributed by atoms with E-state index in [2.05, 4.69) is 156 Å². The van der Waals surface area contributed by atoms with Gasteiger partial charge in [-0.25, -0.2) is 9.97 Å². The van der Waals surface area contributed by atoms with Gasteiger partial charge in [0.05, 0.1) is 22.4 Å². The van der Waals surface area contributed by atoms with Gasteiger partial charge in [-0.1, -0.05) is 140 Å². The molecular weight excluding hydrogens is 683 g/mol. The van der Waals surface area contributed by atoms with Gasteiger partial charge in [0.15, 0.2) is 5.82 Å². The van der Waals surface area contributed by atoms with Crippen LogP contribution >= 0.6 is 0 Å². The largest absolute Gasteiger partial charge is 0.456 e. The molecule has 0 atom stereocenters. The van der Waals surface area contributed by atoms with E-state index in [0.29, 0.717) is 5.82 Å². The van der Waals surface area contributed by atoms with Crippen molar-refractivity contribution in [2.75, 3.05) is 0 Å². The van der Waals surface area contributed by atoms with E-state index in [9.17, 15) is 0 Å². The topological polar surface area (TPSA) is 43.9 Å². The smallest absolute Gasteiger partial charge is 0.160 e. The standard InChI is InChI=1S/C52H33N3O/c1-3-13-34(14-4-1)46-33-47(35-15-5-2-6-16-35)54-52(53-46)40-19-11-17-36(29-40)38-26-28-49-45(31-38)42-21-7-9-23-48(42)55(49)41-20-12-18-37(30-41)39-25-27-44-43-22-8-10-24-50(43)56-51(44)32-39/h1-33H. The number of nitrogens with zero attached hydrogens (tertiary/aromatic N) is 3. The predicted octanol–water partition coefficient (Wildman–Crippen LogP) is 13.8. The minimum Gasteiger partial charge on any atom is -0.456 e. The van der Waals surface area contributed by atoms with Crippen molar-refractivity contribution >= 4 is 43.7 Å². The summed E-state index contributed by atoms with van der Waals surface area (Å²) in [5.74, 6) is 0.698. The number of aromatic nitrogens is 3. The summed E-state index contributed by atoms with van der Waals surface area (Å²) in [5.41, 5.74) is 14.6. The van der Waals surface area contributed by atoms with Gasteiger partial charge in [-0.15, -0.1) is 0 Å². The van der Waals surface area contributed by atoms with Crippen LogP contribution < -0.4 is 0 Å². The van der Waals surface area contributed by atoms with Gasteiger partial charge in [0.1, 0.15) is 11.2 Å². The molecule has 0 bridgehead atoms. The van der Waals surface area contributed by atoms with Gasteiger partial charge in [0.25, 0.3) is 0 Å². The highest BCUT2D eigenvalue weighted by Crippen LogP contribution is 2.38. The molecule has 0 saturated carbocycles. The molecule has 11 aromatic rings. The van der Waals surface area contributed by atoms with Gasteiger partial charge >= 0.3 is 0 Å². The van der Waals surface area contributed by atoms with E-state index in [0.717, 1.165) is 89.0 Å². The lowest BCUT2D eigenvalue weighted by molar-refractivity contribution is 0.669. The first-order valence-corrected chi connectivity index (χ1v) is 18.9. The van der Waals surface area contributed by atoms with Crippen LogP contribution in [-0.2, 0) is 0 Å². The van der Waals surface area contributed by atoms with Crippen LogP contribution in [0.5, 0.6) is 0 Å². The van der Waals surface area contributed by atoms with Gasteiger partial charge in [0, 0.05) is 43.9 Å². The van der Waals surface area contributed by atoms with Crippen molar-refractivity contribution in [1.29, 1.82) is 0 Å². The molecule has 3 heterocycles. The molecule has 0 unspecified atom stereocenters. The number of hydrogen-bond donors (Lipinski definition) is 0. The Hall–Kier alpha value is -7.56. The summed E-state index contributed by atoms with van der Waals surface area (Å²) in [6.07, 6.45) is 0. The third kappa shape index (κ3) is 5.47. The second-order valence-electron chi connectivity index (χ2n) is 14.2. The summed E-state index contributed by atoms with van der Waals surface area (Å²) < 4.78 is 8.62. The van der Waals surface area contributed by atoms with Crippen molar-refractivity contribution < 1.29 is 4.42 Å². The normalized spacial score (nSPS) is 11.6. The Morgan fingerprint density at radius 2 is 0.875 bits per heavy atom. The van der Waals surface area contributed by atoms with Crippen LogP contribution in [0.15, 0.2) is 205 Å². The van der Waals surface area contributed by atoms with Crippen molar-refractivity contribution in [2.24, 2.45) is 0 Å². The molecule has 0 aliphatic carbocycles. The SMILES string of the molecule is c1ccc(-c2cc(-c3ccccc3)nc(-c3cccc(-c4ccc5c(c4)c4ccccc4n5-c4cccc(-c5ccc6c(c5)oc5ccccc56)c4)c3)n2)cc1. The highest BCUT2D eigenvalue weighted by molar-refractivity contribution is 6.11. The second kappa shape index (κ2) is 13.1. The fraction of sp³-hybridized carbons (Fsp3) is 0.